The summed E-state index contributed by atoms with van der Waals surface area (Å²) in [4.78, 5) is 0. The van der Waals surface area contributed by atoms with Crippen LogP contribution < -0.4 is 0 Å². The first kappa shape index (κ1) is 9.76. The van der Waals surface area contributed by atoms with Gasteiger partial charge in [0.1, 0.15) is 0 Å². The highest BCUT2D eigenvalue weighted by atomic mass is 14.4. The topological polar surface area (TPSA) is 0 Å². The molecule has 2 atom stereocenters. The molecule has 1 aromatic rings. The van der Waals surface area contributed by atoms with Gasteiger partial charge in [0.2, 0.25) is 0 Å². The maximum Gasteiger partial charge on any atom is -0.00692 e. The summed E-state index contributed by atoms with van der Waals surface area (Å²) < 4.78 is 0. The van der Waals surface area contributed by atoms with Crippen molar-refractivity contribution in [3.05, 3.63) is 34.9 Å². The third-order valence-corrected chi connectivity index (χ3v) is 3.93. The molecule has 0 heterocycles. The Balaban J connectivity index is 2.56. The third kappa shape index (κ3) is 1.28. The Hall–Kier alpha value is -0.780. The second-order valence-corrected chi connectivity index (χ2v) is 5.11. The molecule has 0 saturated heterocycles. The van der Waals surface area contributed by atoms with Crippen LogP contribution in [0.1, 0.15) is 56.2 Å². The van der Waals surface area contributed by atoms with Crippen molar-refractivity contribution in [3.63, 3.8) is 0 Å². The van der Waals surface area contributed by atoms with E-state index in [1.807, 2.05) is 0 Å². The van der Waals surface area contributed by atoms with Gasteiger partial charge in [-0.1, -0.05) is 44.5 Å². The summed E-state index contributed by atoms with van der Waals surface area (Å²) in [5.41, 5.74) is 5.02. The number of hydrogen-bond acceptors (Lipinski definition) is 0. The zero-order valence-corrected chi connectivity index (χ0v) is 9.72. The Kier molecular flexibility index (Phi) is 2.17. The van der Waals surface area contributed by atoms with E-state index < -0.39 is 0 Å². The van der Waals surface area contributed by atoms with E-state index >= 15 is 0 Å². The highest BCUT2D eigenvalue weighted by molar-refractivity contribution is 5.43. The Morgan fingerprint density at radius 1 is 1.43 bits per heavy atom. The van der Waals surface area contributed by atoms with Crippen LogP contribution in [0.3, 0.4) is 0 Å². The second-order valence-electron chi connectivity index (χ2n) is 5.11. The van der Waals surface area contributed by atoms with Crippen molar-refractivity contribution in [1.82, 2.24) is 0 Å². The van der Waals surface area contributed by atoms with E-state index in [2.05, 4.69) is 45.9 Å². The zero-order chi connectivity index (χ0) is 10.3. The zero-order valence-electron chi connectivity index (χ0n) is 9.72. The van der Waals surface area contributed by atoms with E-state index in [1.54, 1.807) is 11.1 Å². The number of hydrogen-bond donors (Lipinski definition) is 0. The number of fused-ring (bicyclic) bond motifs is 1. The lowest BCUT2D eigenvalue weighted by Crippen LogP contribution is -2.16. The van der Waals surface area contributed by atoms with Gasteiger partial charge in [0.25, 0.3) is 0 Å². The molecule has 1 aliphatic rings. The average Bonchev–Trinajstić information content (AvgIpc) is 2.40. The summed E-state index contributed by atoms with van der Waals surface area (Å²) in [5, 5.41) is 0. The molecule has 76 valence electrons. The fourth-order valence-electron chi connectivity index (χ4n) is 2.85. The first-order valence-corrected chi connectivity index (χ1v) is 5.68. The molecule has 0 aromatic heterocycles. The predicted molar refractivity (Wildman–Crippen MR) is 61.9 cm³/mol. The molecule has 1 aliphatic carbocycles. The minimum Gasteiger partial charge on any atom is -0.0645 e. The van der Waals surface area contributed by atoms with E-state index in [9.17, 15) is 0 Å². The number of benzene rings is 1. The Bertz CT molecular complexity index is 351. The Labute approximate surface area is 87.3 Å². The normalized spacial score (nSPS) is 30.4. The van der Waals surface area contributed by atoms with Crippen LogP contribution in [0.2, 0.25) is 0 Å². The lowest BCUT2D eigenvalue weighted by Gasteiger charge is -2.23. The van der Waals surface area contributed by atoms with Crippen LogP contribution >= 0.6 is 0 Å². The van der Waals surface area contributed by atoms with Gasteiger partial charge in [0.05, 0.1) is 0 Å². The van der Waals surface area contributed by atoms with Gasteiger partial charge in [-0.05, 0) is 42.2 Å². The highest BCUT2D eigenvalue weighted by Gasteiger charge is 2.36. The summed E-state index contributed by atoms with van der Waals surface area (Å²) in [5.74, 6) is 0.746. The minimum atomic E-state index is 0.431. The maximum absolute atomic E-state index is 2.41. The van der Waals surface area contributed by atoms with Crippen LogP contribution in [-0.2, 0) is 5.41 Å². The van der Waals surface area contributed by atoms with Gasteiger partial charge in [-0.2, -0.15) is 0 Å². The molecular weight excluding hydrogens is 168 g/mol. The monoisotopic (exact) mass is 188 g/mol. The predicted octanol–water partition coefficient (Wildman–Crippen LogP) is 4.17. The van der Waals surface area contributed by atoms with Crippen LogP contribution in [0.15, 0.2) is 18.2 Å². The molecule has 0 heteroatoms. The Morgan fingerprint density at radius 2 is 2.14 bits per heavy atom. The molecule has 0 aliphatic heterocycles. The van der Waals surface area contributed by atoms with Gasteiger partial charge in [0.15, 0.2) is 0 Å². The van der Waals surface area contributed by atoms with E-state index in [-0.39, 0.29) is 0 Å². The van der Waals surface area contributed by atoms with Crippen molar-refractivity contribution in [2.24, 2.45) is 0 Å². The molecule has 0 amide bonds. The van der Waals surface area contributed by atoms with Crippen molar-refractivity contribution in [2.75, 3.05) is 0 Å². The number of rotatable bonds is 1. The quantitative estimate of drug-likeness (QED) is 0.620. The van der Waals surface area contributed by atoms with Crippen LogP contribution in [0, 0.1) is 6.92 Å². The summed E-state index contributed by atoms with van der Waals surface area (Å²) in [6.45, 7) is 9.27. The van der Waals surface area contributed by atoms with E-state index in [4.69, 9.17) is 0 Å². The molecule has 0 nitrogen and oxygen atoms in total. The molecule has 0 N–H and O–H groups in total. The van der Waals surface area contributed by atoms with Gasteiger partial charge in [-0.15, -0.1) is 0 Å². The maximum atomic E-state index is 2.41. The van der Waals surface area contributed by atoms with Crippen molar-refractivity contribution in [3.8, 4) is 0 Å². The highest BCUT2D eigenvalue weighted by Crippen LogP contribution is 2.47. The van der Waals surface area contributed by atoms with Gasteiger partial charge in [-0.3, -0.25) is 0 Å². The molecule has 0 fully saturated rings. The average molecular weight is 188 g/mol. The molecule has 1 aromatic carbocycles. The van der Waals surface area contributed by atoms with Crippen LogP contribution in [-0.4, -0.2) is 0 Å². The van der Waals surface area contributed by atoms with Gasteiger partial charge in [0, 0.05) is 0 Å². The second kappa shape index (κ2) is 3.12. The van der Waals surface area contributed by atoms with Crippen molar-refractivity contribution >= 4 is 0 Å². The standard InChI is InChI=1S/C14H20/c1-5-14(4)9-11(3)12-7-6-10(2)8-13(12)14/h6-8,11H,5,9H2,1-4H3. The first-order chi connectivity index (χ1) is 6.57. The molecule has 0 spiro atoms. The summed E-state index contributed by atoms with van der Waals surface area (Å²) in [6.07, 6.45) is 2.58. The molecule has 14 heavy (non-hydrogen) atoms. The molecule has 2 rings (SSSR count). The molecule has 0 saturated carbocycles. The lowest BCUT2D eigenvalue weighted by molar-refractivity contribution is 0.429. The van der Waals surface area contributed by atoms with E-state index in [0.29, 0.717) is 5.41 Å². The van der Waals surface area contributed by atoms with E-state index in [0.717, 1.165) is 5.92 Å². The van der Waals surface area contributed by atoms with Crippen molar-refractivity contribution in [1.29, 1.82) is 0 Å². The molecular formula is C14H20. The van der Waals surface area contributed by atoms with Gasteiger partial charge < -0.3 is 0 Å². The summed E-state index contributed by atoms with van der Waals surface area (Å²) in [6, 6.07) is 6.97. The fraction of sp³-hybridized carbons (Fsp3) is 0.571. The fourth-order valence-corrected chi connectivity index (χ4v) is 2.85. The van der Waals surface area contributed by atoms with Crippen LogP contribution in [0.4, 0.5) is 0 Å². The molecule has 0 bridgehead atoms. The lowest BCUT2D eigenvalue weighted by atomic mass is 9.81. The van der Waals surface area contributed by atoms with Crippen molar-refractivity contribution in [2.45, 2.75) is 51.9 Å². The summed E-state index contributed by atoms with van der Waals surface area (Å²) in [7, 11) is 0. The minimum absolute atomic E-state index is 0.431. The number of aryl methyl sites for hydroxylation is 1. The van der Waals surface area contributed by atoms with Gasteiger partial charge in [-0.25, -0.2) is 0 Å². The van der Waals surface area contributed by atoms with Crippen LogP contribution in [0.5, 0.6) is 0 Å². The van der Waals surface area contributed by atoms with Gasteiger partial charge >= 0.3 is 0 Å². The SMILES string of the molecule is CCC1(C)CC(C)c2ccc(C)cc21. The van der Waals surface area contributed by atoms with Crippen molar-refractivity contribution < 1.29 is 0 Å². The van der Waals surface area contributed by atoms with Crippen LogP contribution in [0.25, 0.3) is 0 Å². The Morgan fingerprint density at radius 3 is 2.79 bits per heavy atom. The molecule has 2 unspecified atom stereocenters. The first-order valence-electron chi connectivity index (χ1n) is 5.68. The summed E-state index contributed by atoms with van der Waals surface area (Å²) >= 11 is 0. The largest absolute Gasteiger partial charge is 0.0645 e. The van der Waals surface area contributed by atoms with E-state index in [1.165, 1.54) is 18.4 Å². The smallest absolute Gasteiger partial charge is 0.00692 e. The third-order valence-electron chi connectivity index (χ3n) is 3.93. The molecule has 0 radical (unpaired) electrons.